The minimum Gasteiger partial charge on any atom is -0.395 e. The number of tetrazole rings is 1. The Bertz CT molecular complexity index is 262. The number of aliphatic hydroxyl groups excluding tert-OH is 1. The van der Waals surface area contributed by atoms with Crippen molar-refractivity contribution in [1.82, 2.24) is 25.1 Å². The van der Waals surface area contributed by atoms with Crippen molar-refractivity contribution < 1.29 is 5.11 Å². The zero-order valence-corrected chi connectivity index (χ0v) is 8.72. The molecule has 0 atom stereocenters. The number of hydrogen-bond acceptors (Lipinski definition) is 5. The molecule has 1 heterocycles. The Balaban J connectivity index is 2.52. The molecular formula is C8H17N5O. The van der Waals surface area contributed by atoms with E-state index >= 15 is 0 Å². The normalized spacial score (nSPS) is 11.1. The van der Waals surface area contributed by atoms with Gasteiger partial charge >= 0.3 is 0 Å². The van der Waals surface area contributed by atoms with Crippen molar-refractivity contribution in [2.24, 2.45) is 0 Å². The van der Waals surface area contributed by atoms with Gasteiger partial charge in [0.25, 0.3) is 0 Å². The molecule has 6 nitrogen and oxygen atoms in total. The third-order valence-electron chi connectivity index (χ3n) is 1.93. The molecular weight excluding hydrogens is 182 g/mol. The SMILES string of the molecule is CCCn1nnnc1CN(C)CCO. The van der Waals surface area contributed by atoms with E-state index in [1.54, 1.807) is 4.68 Å². The van der Waals surface area contributed by atoms with E-state index in [0.717, 1.165) is 18.8 Å². The molecule has 0 bridgehead atoms. The van der Waals surface area contributed by atoms with Gasteiger partial charge in [0.05, 0.1) is 13.2 Å². The lowest BCUT2D eigenvalue weighted by molar-refractivity contribution is 0.212. The highest BCUT2D eigenvalue weighted by atomic mass is 16.3. The molecule has 1 aromatic heterocycles. The van der Waals surface area contributed by atoms with Crippen LogP contribution in [-0.2, 0) is 13.1 Å². The Kier molecular flexibility index (Phi) is 4.48. The first-order valence-electron chi connectivity index (χ1n) is 4.82. The van der Waals surface area contributed by atoms with E-state index in [0.29, 0.717) is 13.1 Å². The summed E-state index contributed by atoms with van der Waals surface area (Å²) in [4.78, 5) is 1.98. The molecule has 6 heteroatoms. The van der Waals surface area contributed by atoms with Crippen molar-refractivity contribution in [3.05, 3.63) is 5.82 Å². The van der Waals surface area contributed by atoms with Gasteiger partial charge in [0, 0.05) is 13.1 Å². The van der Waals surface area contributed by atoms with Crippen LogP contribution in [-0.4, -0.2) is 50.4 Å². The number of aliphatic hydroxyl groups is 1. The monoisotopic (exact) mass is 199 g/mol. The van der Waals surface area contributed by atoms with Crippen LogP contribution in [0.15, 0.2) is 0 Å². The molecule has 0 saturated carbocycles. The summed E-state index contributed by atoms with van der Waals surface area (Å²) >= 11 is 0. The largest absolute Gasteiger partial charge is 0.395 e. The van der Waals surface area contributed by atoms with Crippen LogP contribution in [0.1, 0.15) is 19.2 Å². The molecule has 0 amide bonds. The lowest BCUT2D eigenvalue weighted by Crippen LogP contribution is -2.23. The molecule has 14 heavy (non-hydrogen) atoms. The van der Waals surface area contributed by atoms with Crippen LogP contribution in [0.25, 0.3) is 0 Å². The summed E-state index contributed by atoms with van der Waals surface area (Å²) in [5.74, 6) is 0.850. The minimum atomic E-state index is 0.159. The van der Waals surface area contributed by atoms with Gasteiger partial charge in [-0.15, -0.1) is 5.10 Å². The van der Waals surface area contributed by atoms with Crippen LogP contribution in [0.3, 0.4) is 0 Å². The molecule has 0 spiro atoms. The van der Waals surface area contributed by atoms with Gasteiger partial charge in [-0.05, 0) is 23.9 Å². The first-order chi connectivity index (χ1) is 6.77. The van der Waals surface area contributed by atoms with Crippen LogP contribution in [0.4, 0.5) is 0 Å². The number of aromatic nitrogens is 4. The van der Waals surface area contributed by atoms with E-state index in [-0.39, 0.29) is 6.61 Å². The van der Waals surface area contributed by atoms with Crippen LogP contribution in [0.2, 0.25) is 0 Å². The van der Waals surface area contributed by atoms with Gasteiger partial charge in [-0.2, -0.15) is 0 Å². The standard InChI is InChI=1S/C8H17N5O/c1-3-4-13-8(9-10-11-13)7-12(2)5-6-14/h14H,3-7H2,1-2H3. The minimum absolute atomic E-state index is 0.159. The first kappa shape index (κ1) is 11.1. The van der Waals surface area contributed by atoms with Gasteiger partial charge in [0.1, 0.15) is 0 Å². The number of aryl methyl sites for hydroxylation is 1. The van der Waals surface area contributed by atoms with Crippen molar-refractivity contribution in [1.29, 1.82) is 0 Å². The summed E-state index contributed by atoms with van der Waals surface area (Å²) in [7, 11) is 1.93. The van der Waals surface area contributed by atoms with E-state index in [1.165, 1.54) is 0 Å². The second kappa shape index (κ2) is 5.66. The lowest BCUT2D eigenvalue weighted by Gasteiger charge is -2.13. The summed E-state index contributed by atoms with van der Waals surface area (Å²) in [6, 6.07) is 0. The molecule has 1 aromatic rings. The van der Waals surface area contributed by atoms with Gasteiger partial charge in [-0.1, -0.05) is 6.92 Å². The first-order valence-corrected chi connectivity index (χ1v) is 4.82. The second-order valence-corrected chi connectivity index (χ2v) is 3.28. The van der Waals surface area contributed by atoms with Gasteiger partial charge in [-0.3, -0.25) is 4.90 Å². The smallest absolute Gasteiger partial charge is 0.165 e. The predicted octanol–water partition coefficient (Wildman–Crippen LogP) is -0.493. The van der Waals surface area contributed by atoms with Gasteiger partial charge < -0.3 is 5.11 Å². The van der Waals surface area contributed by atoms with E-state index in [1.807, 2.05) is 11.9 Å². The summed E-state index contributed by atoms with van der Waals surface area (Å²) < 4.78 is 1.80. The van der Waals surface area contributed by atoms with E-state index < -0.39 is 0 Å². The van der Waals surface area contributed by atoms with E-state index in [2.05, 4.69) is 22.4 Å². The van der Waals surface area contributed by atoms with Crippen LogP contribution in [0.5, 0.6) is 0 Å². The summed E-state index contributed by atoms with van der Waals surface area (Å²) in [5.41, 5.74) is 0. The highest BCUT2D eigenvalue weighted by molar-refractivity contribution is 4.79. The Morgan fingerprint density at radius 2 is 2.29 bits per heavy atom. The zero-order chi connectivity index (χ0) is 10.4. The second-order valence-electron chi connectivity index (χ2n) is 3.28. The molecule has 0 aliphatic carbocycles. The van der Waals surface area contributed by atoms with Crippen molar-refractivity contribution in [3.8, 4) is 0 Å². The number of hydrogen-bond donors (Lipinski definition) is 1. The summed E-state index contributed by atoms with van der Waals surface area (Å²) in [6.45, 7) is 4.40. The highest BCUT2D eigenvalue weighted by Gasteiger charge is 2.07. The average molecular weight is 199 g/mol. The Hall–Kier alpha value is -1.01. The molecule has 0 unspecified atom stereocenters. The Morgan fingerprint density at radius 3 is 2.93 bits per heavy atom. The van der Waals surface area contributed by atoms with Crippen LogP contribution in [0, 0.1) is 0 Å². The average Bonchev–Trinajstić information content (AvgIpc) is 2.54. The number of nitrogens with zero attached hydrogens (tertiary/aromatic N) is 5. The number of rotatable bonds is 6. The molecule has 0 radical (unpaired) electrons. The third-order valence-corrected chi connectivity index (χ3v) is 1.93. The quantitative estimate of drug-likeness (QED) is 0.669. The van der Waals surface area contributed by atoms with Gasteiger partial charge in [-0.25, -0.2) is 4.68 Å². The lowest BCUT2D eigenvalue weighted by atomic mass is 10.4. The van der Waals surface area contributed by atoms with Crippen molar-refractivity contribution in [2.45, 2.75) is 26.4 Å². The summed E-state index contributed by atoms with van der Waals surface area (Å²) in [5, 5.41) is 20.2. The highest BCUT2D eigenvalue weighted by Crippen LogP contribution is 1.98. The fourth-order valence-corrected chi connectivity index (χ4v) is 1.21. The fraction of sp³-hybridized carbons (Fsp3) is 0.875. The molecule has 1 rings (SSSR count). The molecule has 0 aliphatic heterocycles. The van der Waals surface area contributed by atoms with E-state index in [9.17, 15) is 0 Å². The maximum atomic E-state index is 8.74. The maximum absolute atomic E-state index is 8.74. The van der Waals surface area contributed by atoms with Crippen LogP contribution >= 0.6 is 0 Å². The van der Waals surface area contributed by atoms with E-state index in [4.69, 9.17) is 5.11 Å². The molecule has 80 valence electrons. The Labute approximate surface area is 83.5 Å². The molecule has 0 saturated heterocycles. The maximum Gasteiger partial charge on any atom is 0.165 e. The van der Waals surface area contributed by atoms with Crippen molar-refractivity contribution in [2.75, 3.05) is 20.2 Å². The van der Waals surface area contributed by atoms with Crippen molar-refractivity contribution in [3.63, 3.8) is 0 Å². The van der Waals surface area contributed by atoms with Crippen LogP contribution < -0.4 is 0 Å². The Morgan fingerprint density at radius 1 is 1.50 bits per heavy atom. The van der Waals surface area contributed by atoms with Gasteiger partial charge in [0.15, 0.2) is 5.82 Å². The molecule has 0 aromatic carbocycles. The topological polar surface area (TPSA) is 67.1 Å². The predicted molar refractivity (Wildman–Crippen MR) is 51.5 cm³/mol. The molecule has 1 N–H and O–H groups in total. The molecule has 0 aliphatic rings. The molecule has 0 fully saturated rings. The zero-order valence-electron chi connectivity index (χ0n) is 8.72. The summed E-state index contributed by atoms with van der Waals surface area (Å²) in [6.07, 6.45) is 1.02. The fourth-order valence-electron chi connectivity index (χ4n) is 1.21. The number of likely N-dealkylation sites (N-methyl/N-ethyl adjacent to an activating group) is 1. The van der Waals surface area contributed by atoms with Gasteiger partial charge in [0.2, 0.25) is 0 Å². The van der Waals surface area contributed by atoms with Crippen molar-refractivity contribution >= 4 is 0 Å². The third kappa shape index (κ3) is 3.04.